The van der Waals surface area contributed by atoms with Crippen LogP contribution >= 0.6 is 0 Å². The average Bonchev–Trinajstić information content (AvgIpc) is 2.30. The molecule has 1 aromatic rings. The van der Waals surface area contributed by atoms with Gasteiger partial charge in [-0.05, 0) is 19.4 Å². The van der Waals surface area contributed by atoms with Gasteiger partial charge in [0.25, 0.3) is 0 Å². The molecule has 0 aromatic heterocycles. The molecule has 1 N–H and O–H groups in total. The monoisotopic (exact) mass is 235 g/mol. The van der Waals surface area contributed by atoms with E-state index in [0.717, 1.165) is 11.1 Å². The Hall–Kier alpha value is -1.84. The number of rotatable bonds is 4. The molecule has 0 radical (unpaired) electrons. The number of aryl methyl sites for hydroxylation is 1. The third kappa shape index (κ3) is 4.26. The lowest BCUT2D eigenvalue weighted by Gasteiger charge is -2.11. The van der Waals surface area contributed by atoms with Crippen LogP contribution in [-0.2, 0) is 20.7 Å². The zero-order chi connectivity index (χ0) is 12.8. The lowest BCUT2D eigenvalue weighted by molar-refractivity contribution is -0.144. The molecule has 1 rings (SSSR count). The van der Waals surface area contributed by atoms with Gasteiger partial charge >= 0.3 is 5.97 Å². The Morgan fingerprint density at radius 1 is 1.29 bits per heavy atom. The van der Waals surface area contributed by atoms with E-state index in [-0.39, 0.29) is 12.3 Å². The standard InChI is InChI=1S/C13H17NO3/c1-9-4-6-11(7-5-9)8-12(15)14-10(2)13(16)17-3/h4-7,10H,8H2,1-3H3,(H,14,15). The van der Waals surface area contributed by atoms with E-state index < -0.39 is 12.0 Å². The molecule has 0 fully saturated rings. The van der Waals surface area contributed by atoms with Crippen molar-refractivity contribution in [2.24, 2.45) is 0 Å². The van der Waals surface area contributed by atoms with Gasteiger partial charge in [0.1, 0.15) is 6.04 Å². The van der Waals surface area contributed by atoms with Gasteiger partial charge < -0.3 is 10.1 Å². The first-order chi connectivity index (χ1) is 8.02. The molecule has 92 valence electrons. The minimum atomic E-state index is -0.613. The molecular formula is C13H17NO3. The van der Waals surface area contributed by atoms with Crippen molar-refractivity contribution in [3.05, 3.63) is 35.4 Å². The van der Waals surface area contributed by atoms with Gasteiger partial charge in [-0.3, -0.25) is 4.79 Å². The van der Waals surface area contributed by atoms with Crippen molar-refractivity contribution in [3.8, 4) is 0 Å². The molecule has 0 spiro atoms. The molecule has 4 heteroatoms. The van der Waals surface area contributed by atoms with E-state index in [2.05, 4.69) is 10.1 Å². The minimum Gasteiger partial charge on any atom is -0.467 e. The quantitative estimate of drug-likeness (QED) is 0.798. The number of esters is 1. The third-order valence-electron chi connectivity index (χ3n) is 2.42. The summed E-state index contributed by atoms with van der Waals surface area (Å²) in [5.74, 6) is -0.631. The number of nitrogens with one attached hydrogen (secondary N) is 1. The van der Waals surface area contributed by atoms with Gasteiger partial charge in [0.15, 0.2) is 0 Å². The Balaban J connectivity index is 2.50. The number of hydrogen-bond donors (Lipinski definition) is 1. The third-order valence-corrected chi connectivity index (χ3v) is 2.42. The highest BCUT2D eigenvalue weighted by Gasteiger charge is 2.15. The van der Waals surface area contributed by atoms with Crippen molar-refractivity contribution >= 4 is 11.9 Å². The van der Waals surface area contributed by atoms with Crippen LogP contribution in [0.3, 0.4) is 0 Å². The van der Waals surface area contributed by atoms with Gasteiger partial charge in [0.05, 0.1) is 13.5 Å². The molecule has 0 saturated heterocycles. The molecule has 1 amide bonds. The maximum atomic E-state index is 11.6. The lowest BCUT2D eigenvalue weighted by atomic mass is 10.1. The van der Waals surface area contributed by atoms with Crippen molar-refractivity contribution in [3.63, 3.8) is 0 Å². The number of hydrogen-bond acceptors (Lipinski definition) is 3. The van der Waals surface area contributed by atoms with Gasteiger partial charge in [0, 0.05) is 0 Å². The molecule has 4 nitrogen and oxygen atoms in total. The smallest absolute Gasteiger partial charge is 0.328 e. The maximum Gasteiger partial charge on any atom is 0.328 e. The summed E-state index contributed by atoms with van der Waals surface area (Å²) in [6.45, 7) is 3.59. The van der Waals surface area contributed by atoms with Crippen molar-refractivity contribution in [1.29, 1.82) is 0 Å². The summed E-state index contributed by atoms with van der Waals surface area (Å²) in [7, 11) is 1.30. The van der Waals surface area contributed by atoms with Gasteiger partial charge in [-0.2, -0.15) is 0 Å². The van der Waals surface area contributed by atoms with Crippen LogP contribution in [0.2, 0.25) is 0 Å². The molecule has 1 aromatic carbocycles. The number of benzene rings is 1. The van der Waals surface area contributed by atoms with Crippen molar-refractivity contribution < 1.29 is 14.3 Å². The Morgan fingerprint density at radius 2 is 1.88 bits per heavy atom. The Labute approximate surface area is 101 Å². The molecule has 0 aliphatic rings. The molecule has 0 heterocycles. The van der Waals surface area contributed by atoms with E-state index in [9.17, 15) is 9.59 Å². The SMILES string of the molecule is COC(=O)C(C)NC(=O)Cc1ccc(C)cc1. The predicted molar refractivity (Wildman–Crippen MR) is 64.5 cm³/mol. The first-order valence-corrected chi connectivity index (χ1v) is 5.45. The second-order valence-electron chi connectivity index (χ2n) is 3.97. The Morgan fingerprint density at radius 3 is 2.41 bits per heavy atom. The van der Waals surface area contributed by atoms with Crippen LogP contribution in [-0.4, -0.2) is 25.0 Å². The van der Waals surface area contributed by atoms with E-state index in [4.69, 9.17) is 0 Å². The largest absolute Gasteiger partial charge is 0.467 e. The zero-order valence-corrected chi connectivity index (χ0v) is 10.3. The van der Waals surface area contributed by atoms with Crippen LogP contribution < -0.4 is 5.32 Å². The summed E-state index contributed by atoms with van der Waals surface area (Å²) in [5.41, 5.74) is 2.07. The molecule has 1 atom stereocenters. The topological polar surface area (TPSA) is 55.4 Å². The van der Waals surface area contributed by atoms with E-state index in [0.29, 0.717) is 0 Å². The summed E-state index contributed by atoms with van der Waals surface area (Å²) < 4.78 is 4.53. The van der Waals surface area contributed by atoms with Crippen LogP contribution in [0.4, 0.5) is 0 Å². The molecule has 0 aliphatic heterocycles. The zero-order valence-electron chi connectivity index (χ0n) is 10.3. The first-order valence-electron chi connectivity index (χ1n) is 5.45. The number of amides is 1. The Bertz CT molecular complexity index is 398. The van der Waals surface area contributed by atoms with Crippen LogP contribution in [0.1, 0.15) is 18.1 Å². The second-order valence-corrected chi connectivity index (χ2v) is 3.97. The molecule has 0 aliphatic carbocycles. The fourth-order valence-electron chi connectivity index (χ4n) is 1.42. The average molecular weight is 235 g/mol. The van der Waals surface area contributed by atoms with Crippen LogP contribution in [0.15, 0.2) is 24.3 Å². The number of methoxy groups -OCH3 is 1. The van der Waals surface area contributed by atoms with E-state index in [1.807, 2.05) is 31.2 Å². The summed E-state index contributed by atoms with van der Waals surface area (Å²) in [4.78, 5) is 22.7. The van der Waals surface area contributed by atoms with E-state index in [1.54, 1.807) is 6.92 Å². The van der Waals surface area contributed by atoms with Crippen molar-refractivity contribution in [2.45, 2.75) is 26.3 Å². The predicted octanol–water partition coefficient (Wildman–Crippen LogP) is 1.22. The van der Waals surface area contributed by atoms with Gasteiger partial charge in [-0.15, -0.1) is 0 Å². The van der Waals surface area contributed by atoms with Gasteiger partial charge in [-0.1, -0.05) is 29.8 Å². The maximum absolute atomic E-state index is 11.6. The highest BCUT2D eigenvalue weighted by molar-refractivity contribution is 5.85. The minimum absolute atomic E-state index is 0.188. The van der Waals surface area contributed by atoms with Crippen LogP contribution in [0, 0.1) is 6.92 Å². The first kappa shape index (κ1) is 13.2. The molecule has 1 unspecified atom stereocenters. The van der Waals surface area contributed by atoms with Gasteiger partial charge in [0.2, 0.25) is 5.91 Å². The summed E-state index contributed by atoms with van der Waals surface area (Å²) >= 11 is 0. The summed E-state index contributed by atoms with van der Waals surface area (Å²) in [5, 5.41) is 2.58. The van der Waals surface area contributed by atoms with E-state index in [1.165, 1.54) is 7.11 Å². The van der Waals surface area contributed by atoms with Gasteiger partial charge in [-0.25, -0.2) is 4.79 Å². The normalized spacial score (nSPS) is 11.7. The molecule has 0 saturated carbocycles. The second kappa shape index (κ2) is 6.03. The van der Waals surface area contributed by atoms with Crippen molar-refractivity contribution in [2.75, 3.05) is 7.11 Å². The molecular weight excluding hydrogens is 218 g/mol. The number of carbonyl (C=O) groups excluding carboxylic acids is 2. The lowest BCUT2D eigenvalue weighted by Crippen LogP contribution is -2.39. The highest BCUT2D eigenvalue weighted by atomic mass is 16.5. The van der Waals surface area contributed by atoms with E-state index >= 15 is 0 Å². The fraction of sp³-hybridized carbons (Fsp3) is 0.385. The molecule has 17 heavy (non-hydrogen) atoms. The summed E-state index contributed by atoms with van der Waals surface area (Å²) in [6.07, 6.45) is 0.265. The summed E-state index contributed by atoms with van der Waals surface area (Å²) in [6, 6.07) is 7.09. The highest BCUT2D eigenvalue weighted by Crippen LogP contribution is 2.04. The Kier molecular flexibility index (Phi) is 4.69. The van der Waals surface area contributed by atoms with Crippen LogP contribution in [0.5, 0.6) is 0 Å². The fourth-order valence-corrected chi connectivity index (χ4v) is 1.42. The number of ether oxygens (including phenoxy) is 1. The molecule has 0 bridgehead atoms. The van der Waals surface area contributed by atoms with Crippen molar-refractivity contribution in [1.82, 2.24) is 5.32 Å². The number of carbonyl (C=O) groups is 2. The van der Waals surface area contributed by atoms with Crippen LogP contribution in [0.25, 0.3) is 0 Å².